The average molecular weight is 351 g/mol. The third-order valence-electron chi connectivity index (χ3n) is 5.11. The van der Waals surface area contributed by atoms with Gasteiger partial charge < -0.3 is 15.7 Å². The van der Waals surface area contributed by atoms with E-state index in [4.69, 9.17) is 16.2 Å². The molecule has 3 rings (SSSR count). The van der Waals surface area contributed by atoms with Crippen LogP contribution in [0.2, 0.25) is 0 Å². The van der Waals surface area contributed by atoms with E-state index in [1.54, 1.807) is 0 Å². The molecule has 0 radical (unpaired) electrons. The van der Waals surface area contributed by atoms with Crippen LogP contribution in [0.25, 0.3) is 0 Å². The third-order valence-corrected chi connectivity index (χ3v) is 5.11. The topological polar surface area (TPSA) is 90.4 Å². The number of hydrogen-bond acceptors (Lipinski definition) is 3. The van der Waals surface area contributed by atoms with Crippen LogP contribution >= 0.6 is 0 Å². The summed E-state index contributed by atoms with van der Waals surface area (Å²) < 4.78 is 0. The molecule has 1 atom stereocenters. The first-order valence-corrected chi connectivity index (χ1v) is 8.90. The minimum atomic E-state index is -0.708. The highest BCUT2D eigenvalue weighted by atomic mass is 16.4. The Morgan fingerprint density at radius 1 is 1.23 bits per heavy atom. The van der Waals surface area contributed by atoms with Gasteiger partial charge in [-0.1, -0.05) is 30.3 Å². The largest absolute Gasteiger partial charge is 0.481 e. The molecule has 0 saturated carbocycles. The van der Waals surface area contributed by atoms with Gasteiger partial charge in [0.2, 0.25) is 0 Å². The molecule has 0 aliphatic heterocycles. The lowest BCUT2D eigenvalue weighted by Gasteiger charge is -2.26. The van der Waals surface area contributed by atoms with Gasteiger partial charge in [0.15, 0.2) is 0 Å². The fourth-order valence-electron chi connectivity index (χ4n) is 3.63. The van der Waals surface area contributed by atoms with E-state index in [0.29, 0.717) is 0 Å². The summed E-state index contributed by atoms with van der Waals surface area (Å²) in [6, 6.07) is 14.2. The summed E-state index contributed by atoms with van der Waals surface area (Å²) in [5, 5.41) is 16.5. The molecule has 1 aliphatic carbocycles. The molecule has 2 aromatic rings. The van der Waals surface area contributed by atoms with Crippen molar-refractivity contribution in [2.45, 2.75) is 32.2 Å². The second-order valence-corrected chi connectivity index (χ2v) is 7.13. The zero-order valence-electron chi connectivity index (χ0n) is 15.0. The van der Waals surface area contributed by atoms with Crippen molar-refractivity contribution in [3.8, 4) is 0 Å². The van der Waals surface area contributed by atoms with Crippen molar-refractivity contribution in [2.75, 3.05) is 11.9 Å². The summed E-state index contributed by atoms with van der Waals surface area (Å²) >= 11 is 0. The van der Waals surface area contributed by atoms with E-state index in [2.05, 4.69) is 30.1 Å². The number of anilines is 1. The summed E-state index contributed by atoms with van der Waals surface area (Å²) in [5.41, 5.74) is 11.1. The van der Waals surface area contributed by atoms with Gasteiger partial charge in [-0.25, -0.2) is 0 Å². The van der Waals surface area contributed by atoms with E-state index >= 15 is 0 Å². The number of nitrogens with two attached hydrogens (primary N) is 1. The van der Waals surface area contributed by atoms with Crippen molar-refractivity contribution in [2.24, 2.45) is 11.7 Å². The number of rotatable bonds is 6. The summed E-state index contributed by atoms with van der Waals surface area (Å²) in [6.07, 6.45) is 3.01. The average Bonchev–Trinajstić information content (AvgIpc) is 2.61. The highest BCUT2D eigenvalue weighted by molar-refractivity contribution is 5.94. The molecular weight excluding hydrogens is 326 g/mol. The molecule has 0 saturated heterocycles. The summed E-state index contributed by atoms with van der Waals surface area (Å²) in [7, 11) is 2.05. The number of carboxylic acids is 1. The van der Waals surface area contributed by atoms with Gasteiger partial charge in [-0.3, -0.25) is 10.2 Å². The van der Waals surface area contributed by atoms with Gasteiger partial charge in [0.1, 0.15) is 5.84 Å². The molecule has 4 N–H and O–H groups in total. The molecule has 26 heavy (non-hydrogen) atoms. The molecule has 0 amide bonds. The van der Waals surface area contributed by atoms with Crippen molar-refractivity contribution < 1.29 is 9.90 Å². The zero-order chi connectivity index (χ0) is 18.7. The van der Waals surface area contributed by atoms with Crippen LogP contribution in [0, 0.1) is 11.3 Å². The third kappa shape index (κ3) is 4.23. The van der Waals surface area contributed by atoms with Crippen molar-refractivity contribution in [3.63, 3.8) is 0 Å². The van der Waals surface area contributed by atoms with Gasteiger partial charge in [-0.2, -0.15) is 0 Å². The Balaban J connectivity index is 1.71. The second kappa shape index (κ2) is 7.60. The van der Waals surface area contributed by atoms with Crippen molar-refractivity contribution >= 4 is 17.5 Å². The number of benzene rings is 2. The van der Waals surface area contributed by atoms with Crippen LogP contribution in [-0.2, 0) is 24.2 Å². The smallest absolute Gasteiger partial charge is 0.303 e. The van der Waals surface area contributed by atoms with Gasteiger partial charge in [0.05, 0.1) is 0 Å². The Morgan fingerprint density at radius 2 is 1.96 bits per heavy atom. The van der Waals surface area contributed by atoms with Crippen LogP contribution in [0.1, 0.15) is 35.1 Å². The molecule has 0 aromatic heterocycles. The van der Waals surface area contributed by atoms with Crippen molar-refractivity contribution in [1.29, 1.82) is 5.41 Å². The van der Waals surface area contributed by atoms with Crippen molar-refractivity contribution in [3.05, 3.63) is 64.7 Å². The van der Waals surface area contributed by atoms with Gasteiger partial charge in [-0.05, 0) is 54.0 Å². The van der Waals surface area contributed by atoms with Crippen molar-refractivity contribution in [1.82, 2.24) is 0 Å². The molecule has 0 fully saturated rings. The van der Waals surface area contributed by atoms with E-state index in [-0.39, 0.29) is 18.2 Å². The van der Waals surface area contributed by atoms with Gasteiger partial charge in [0.25, 0.3) is 0 Å². The van der Waals surface area contributed by atoms with Crippen LogP contribution in [-0.4, -0.2) is 24.0 Å². The number of aryl methyl sites for hydroxylation is 1. The molecule has 136 valence electrons. The first-order chi connectivity index (χ1) is 12.4. The van der Waals surface area contributed by atoms with Crippen LogP contribution in [0.15, 0.2) is 42.5 Å². The van der Waals surface area contributed by atoms with Crippen LogP contribution in [0.3, 0.4) is 0 Å². The first-order valence-electron chi connectivity index (χ1n) is 8.90. The van der Waals surface area contributed by atoms with Crippen LogP contribution in [0.4, 0.5) is 5.69 Å². The van der Waals surface area contributed by atoms with Gasteiger partial charge >= 0.3 is 5.97 Å². The Hall–Kier alpha value is -2.82. The summed E-state index contributed by atoms with van der Waals surface area (Å²) in [6.45, 7) is 0.759. The predicted molar refractivity (Wildman–Crippen MR) is 104 cm³/mol. The molecule has 0 heterocycles. The number of hydrogen-bond donors (Lipinski definition) is 3. The predicted octanol–water partition coefficient (Wildman–Crippen LogP) is 3.19. The van der Waals surface area contributed by atoms with E-state index in [0.717, 1.165) is 42.6 Å². The Morgan fingerprint density at radius 3 is 2.62 bits per heavy atom. The maximum atomic E-state index is 11.0. The van der Waals surface area contributed by atoms with E-state index in [1.165, 1.54) is 11.1 Å². The quantitative estimate of drug-likeness (QED) is 0.551. The number of carbonyl (C=O) groups is 1. The Kier molecular flexibility index (Phi) is 5.26. The van der Waals surface area contributed by atoms with Gasteiger partial charge in [0, 0.05) is 31.3 Å². The second-order valence-electron chi connectivity index (χ2n) is 7.13. The highest BCUT2D eigenvalue weighted by Gasteiger charge is 2.21. The Bertz CT molecular complexity index is 815. The van der Waals surface area contributed by atoms with E-state index in [9.17, 15) is 4.79 Å². The lowest BCUT2D eigenvalue weighted by Crippen LogP contribution is -2.20. The molecule has 5 nitrogen and oxygen atoms in total. The lowest BCUT2D eigenvalue weighted by atomic mass is 9.82. The number of nitrogen functional groups attached to an aromatic ring is 1. The molecule has 2 aromatic carbocycles. The standard InChI is InChI=1S/C21H25N3O2/c1-24(13-14-2-6-17(7-3-14)21(22)23)19-9-8-16-5-4-15(11-20(25)26)10-18(16)12-19/h2-3,6-9,12,15H,4-5,10-11,13H2,1H3,(H3,22,23)(H,25,26). The number of aliphatic carboxylic acids is 1. The monoisotopic (exact) mass is 351 g/mol. The number of carboxylic acid groups (broad SMARTS) is 1. The van der Waals surface area contributed by atoms with E-state index in [1.807, 2.05) is 24.3 Å². The number of fused-ring (bicyclic) bond motifs is 1. The maximum Gasteiger partial charge on any atom is 0.303 e. The van der Waals surface area contributed by atoms with E-state index < -0.39 is 5.97 Å². The zero-order valence-corrected chi connectivity index (χ0v) is 15.0. The molecule has 0 bridgehead atoms. The number of nitrogens with one attached hydrogen (secondary N) is 1. The van der Waals surface area contributed by atoms with Crippen LogP contribution < -0.4 is 10.6 Å². The molecule has 0 spiro atoms. The molecule has 5 heteroatoms. The Labute approximate surface area is 154 Å². The normalized spacial score (nSPS) is 16.0. The SMILES string of the molecule is CN(Cc1ccc(C(=N)N)cc1)c1ccc2c(c1)CC(CC(=O)O)CC2. The molecular formula is C21H25N3O2. The summed E-state index contributed by atoms with van der Waals surface area (Å²) in [5.74, 6) is -0.393. The fourth-order valence-corrected chi connectivity index (χ4v) is 3.63. The first kappa shape index (κ1) is 18.0. The fraction of sp³-hybridized carbons (Fsp3) is 0.333. The highest BCUT2D eigenvalue weighted by Crippen LogP contribution is 2.30. The molecule has 1 unspecified atom stereocenters. The number of nitrogens with zero attached hydrogens (tertiary/aromatic N) is 1. The lowest BCUT2D eigenvalue weighted by molar-refractivity contribution is -0.138. The van der Waals surface area contributed by atoms with Gasteiger partial charge in [-0.15, -0.1) is 0 Å². The minimum Gasteiger partial charge on any atom is -0.481 e. The maximum absolute atomic E-state index is 11.0. The summed E-state index contributed by atoms with van der Waals surface area (Å²) in [4.78, 5) is 13.2. The number of amidine groups is 1. The minimum absolute atomic E-state index is 0.0792. The molecule has 1 aliphatic rings. The van der Waals surface area contributed by atoms with Crippen LogP contribution in [0.5, 0.6) is 0 Å².